The largest absolute Gasteiger partial charge is 0.493 e. The van der Waals surface area contributed by atoms with Gasteiger partial charge in [-0.2, -0.15) is 9.40 Å². The molecule has 152 valence electrons. The zero-order valence-electron chi connectivity index (χ0n) is 16.2. The van der Waals surface area contributed by atoms with Gasteiger partial charge >= 0.3 is 0 Å². The minimum absolute atomic E-state index is 0.162. The van der Waals surface area contributed by atoms with Gasteiger partial charge in [-0.05, 0) is 24.6 Å². The second-order valence-electron chi connectivity index (χ2n) is 6.47. The number of hydrogen-bond acceptors (Lipinski definition) is 6. The number of amides is 1. The predicted molar refractivity (Wildman–Crippen MR) is 102 cm³/mol. The molecule has 0 N–H and O–H groups in total. The number of hydrogen-bond donors (Lipinski definition) is 0. The average Bonchev–Trinajstić information content (AvgIpc) is 2.99. The van der Waals surface area contributed by atoms with E-state index in [0.29, 0.717) is 43.1 Å². The third-order valence-electron chi connectivity index (χ3n) is 4.69. The normalized spacial score (nSPS) is 15.9. The molecule has 0 spiro atoms. The molecule has 0 bridgehead atoms. The fourth-order valence-corrected chi connectivity index (χ4v) is 4.63. The van der Waals surface area contributed by atoms with Crippen LogP contribution >= 0.6 is 0 Å². The Balaban J connectivity index is 1.74. The Labute approximate surface area is 164 Å². The van der Waals surface area contributed by atoms with Crippen molar-refractivity contribution in [1.29, 1.82) is 0 Å². The van der Waals surface area contributed by atoms with Gasteiger partial charge in [0.25, 0.3) is 5.91 Å². The molecule has 0 atom stereocenters. The molecule has 9 nitrogen and oxygen atoms in total. The lowest BCUT2D eigenvalue weighted by Gasteiger charge is -2.22. The summed E-state index contributed by atoms with van der Waals surface area (Å²) < 4.78 is 38.9. The molecule has 2 heterocycles. The van der Waals surface area contributed by atoms with Crippen molar-refractivity contribution < 1.29 is 22.7 Å². The highest BCUT2D eigenvalue weighted by Gasteiger charge is 2.29. The standard InChI is InChI=1S/C18H24N4O5S/c1-20-13-15(12-19-20)28(24,25)22-8-4-7-21(9-10-22)18(23)14-5-6-16(26-2)17(11-14)27-3/h5-6,11-13H,4,7-10H2,1-3H3. The van der Waals surface area contributed by atoms with Crippen LogP contribution in [0.1, 0.15) is 16.8 Å². The number of methoxy groups -OCH3 is 2. The zero-order chi connectivity index (χ0) is 20.3. The van der Waals surface area contributed by atoms with E-state index in [4.69, 9.17) is 9.47 Å². The van der Waals surface area contributed by atoms with Crippen LogP contribution in [0.3, 0.4) is 0 Å². The van der Waals surface area contributed by atoms with Gasteiger partial charge in [0.1, 0.15) is 4.90 Å². The Morgan fingerprint density at radius 2 is 1.82 bits per heavy atom. The Hall–Kier alpha value is -2.59. The monoisotopic (exact) mass is 408 g/mol. The highest BCUT2D eigenvalue weighted by Crippen LogP contribution is 2.28. The second-order valence-corrected chi connectivity index (χ2v) is 8.41. The first-order chi connectivity index (χ1) is 13.4. The van der Waals surface area contributed by atoms with Crippen LogP contribution in [0.4, 0.5) is 0 Å². The molecule has 28 heavy (non-hydrogen) atoms. The van der Waals surface area contributed by atoms with Gasteiger partial charge in [0.05, 0.1) is 20.4 Å². The fourth-order valence-electron chi connectivity index (χ4n) is 3.17. The lowest BCUT2D eigenvalue weighted by atomic mass is 10.1. The SMILES string of the molecule is COc1ccc(C(=O)N2CCCN(S(=O)(=O)c3cnn(C)c3)CC2)cc1OC. The van der Waals surface area contributed by atoms with Gasteiger partial charge in [0, 0.05) is 45.0 Å². The van der Waals surface area contributed by atoms with Crippen molar-refractivity contribution >= 4 is 15.9 Å². The van der Waals surface area contributed by atoms with Gasteiger partial charge < -0.3 is 14.4 Å². The van der Waals surface area contributed by atoms with Crippen molar-refractivity contribution in [3.05, 3.63) is 36.2 Å². The zero-order valence-corrected chi connectivity index (χ0v) is 17.0. The molecule has 3 rings (SSSR count). The molecule has 0 aliphatic carbocycles. The predicted octanol–water partition coefficient (Wildman–Crippen LogP) is 0.974. The van der Waals surface area contributed by atoms with E-state index in [1.807, 2.05) is 0 Å². The first-order valence-electron chi connectivity index (χ1n) is 8.87. The molecular formula is C18H24N4O5S. The van der Waals surface area contributed by atoms with Crippen LogP contribution in [0.2, 0.25) is 0 Å². The highest BCUT2D eigenvalue weighted by molar-refractivity contribution is 7.89. The van der Waals surface area contributed by atoms with Crippen molar-refractivity contribution in [1.82, 2.24) is 19.0 Å². The van der Waals surface area contributed by atoms with E-state index in [9.17, 15) is 13.2 Å². The van der Waals surface area contributed by atoms with Crippen molar-refractivity contribution in [2.45, 2.75) is 11.3 Å². The molecule has 0 radical (unpaired) electrons. The molecule has 1 fully saturated rings. The van der Waals surface area contributed by atoms with Crippen LogP contribution in [0.5, 0.6) is 11.5 Å². The molecular weight excluding hydrogens is 384 g/mol. The van der Waals surface area contributed by atoms with E-state index < -0.39 is 10.0 Å². The van der Waals surface area contributed by atoms with E-state index >= 15 is 0 Å². The molecule has 0 saturated carbocycles. The molecule has 1 aliphatic rings. The van der Waals surface area contributed by atoms with Crippen LogP contribution in [0.15, 0.2) is 35.5 Å². The maximum absolute atomic E-state index is 12.9. The van der Waals surface area contributed by atoms with Crippen molar-refractivity contribution in [2.75, 3.05) is 40.4 Å². The fraction of sp³-hybridized carbons (Fsp3) is 0.444. The number of sulfonamides is 1. The molecule has 1 aromatic carbocycles. The third kappa shape index (κ3) is 3.97. The van der Waals surface area contributed by atoms with Crippen molar-refractivity contribution in [3.8, 4) is 11.5 Å². The smallest absolute Gasteiger partial charge is 0.254 e. The van der Waals surface area contributed by atoms with E-state index in [1.54, 1.807) is 30.1 Å². The summed E-state index contributed by atoms with van der Waals surface area (Å²) in [5.74, 6) is 0.856. The second kappa shape index (κ2) is 8.19. The molecule has 1 saturated heterocycles. The Morgan fingerprint density at radius 1 is 1.07 bits per heavy atom. The first-order valence-corrected chi connectivity index (χ1v) is 10.3. The van der Waals surface area contributed by atoms with E-state index in [2.05, 4.69) is 5.10 Å². The van der Waals surface area contributed by atoms with Crippen LogP contribution in [0, 0.1) is 0 Å². The minimum Gasteiger partial charge on any atom is -0.493 e. The summed E-state index contributed by atoms with van der Waals surface area (Å²) in [4.78, 5) is 14.7. The molecule has 0 unspecified atom stereocenters. The Morgan fingerprint density at radius 3 is 2.46 bits per heavy atom. The van der Waals surface area contributed by atoms with Gasteiger partial charge in [0.15, 0.2) is 11.5 Å². The summed E-state index contributed by atoms with van der Waals surface area (Å²) in [6.07, 6.45) is 3.37. The lowest BCUT2D eigenvalue weighted by molar-refractivity contribution is 0.0764. The summed E-state index contributed by atoms with van der Waals surface area (Å²) in [5, 5.41) is 3.94. The molecule has 1 aliphatic heterocycles. The van der Waals surface area contributed by atoms with E-state index in [0.717, 1.165) is 0 Å². The summed E-state index contributed by atoms with van der Waals surface area (Å²) >= 11 is 0. The average molecular weight is 408 g/mol. The number of benzene rings is 1. The third-order valence-corrected chi connectivity index (χ3v) is 6.54. The van der Waals surface area contributed by atoms with E-state index in [1.165, 1.54) is 35.6 Å². The number of carbonyl (C=O) groups is 1. The number of aromatic nitrogens is 2. The summed E-state index contributed by atoms with van der Waals surface area (Å²) in [6.45, 7) is 1.38. The van der Waals surface area contributed by atoms with Gasteiger partial charge in [-0.1, -0.05) is 0 Å². The molecule has 1 amide bonds. The van der Waals surface area contributed by atoms with E-state index in [-0.39, 0.29) is 17.3 Å². The number of ether oxygens (including phenoxy) is 2. The quantitative estimate of drug-likeness (QED) is 0.732. The van der Waals surface area contributed by atoms with Crippen molar-refractivity contribution in [3.63, 3.8) is 0 Å². The topological polar surface area (TPSA) is 94.0 Å². The lowest BCUT2D eigenvalue weighted by Crippen LogP contribution is -2.37. The van der Waals surface area contributed by atoms with Crippen LogP contribution in [-0.4, -0.2) is 73.7 Å². The summed E-state index contributed by atoms with van der Waals surface area (Å²) in [6, 6.07) is 5.00. The van der Waals surface area contributed by atoms with Gasteiger partial charge in [-0.15, -0.1) is 0 Å². The minimum atomic E-state index is -3.62. The first kappa shape index (κ1) is 20.2. The van der Waals surface area contributed by atoms with Crippen molar-refractivity contribution in [2.24, 2.45) is 7.05 Å². The molecule has 10 heteroatoms. The van der Waals surface area contributed by atoms with Gasteiger partial charge in [-0.3, -0.25) is 9.48 Å². The Kier molecular flexibility index (Phi) is 5.90. The highest BCUT2D eigenvalue weighted by atomic mass is 32.2. The van der Waals surface area contributed by atoms with Gasteiger partial charge in [0.2, 0.25) is 10.0 Å². The van der Waals surface area contributed by atoms with Gasteiger partial charge in [-0.25, -0.2) is 8.42 Å². The number of aryl methyl sites for hydroxylation is 1. The summed E-state index contributed by atoms with van der Waals surface area (Å²) in [7, 11) is 1.10. The molecule has 1 aromatic heterocycles. The number of carbonyl (C=O) groups excluding carboxylic acids is 1. The molecule has 2 aromatic rings. The maximum atomic E-state index is 12.9. The summed E-state index contributed by atoms with van der Waals surface area (Å²) in [5.41, 5.74) is 0.473. The van der Waals surface area contributed by atoms with Crippen LogP contribution in [0.25, 0.3) is 0 Å². The number of rotatable bonds is 5. The van der Waals surface area contributed by atoms with Crippen LogP contribution in [-0.2, 0) is 17.1 Å². The maximum Gasteiger partial charge on any atom is 0.254 e. The number of nitrogens with zero attached hydrogens (tertiary/aromatic N) is 4. The Bertz CT molecular complexity index is 957. The van der Waals surface area contributed by atoms with Crippen LogP contribution < -0.4 is 9.47 Å².